The van der Waals surface area contributed by atoms with Crippen LogP contribution in [0.4, 0.5) is 10.6 Å². The van der Waals surface area contributed by atoms with Crippen LogP contribution in [0.1, 0.15) is 35.1 Å². The fourth-order valence-corrected chi connectivity index (χ4v) is 3.53. The zero-order valence-corrected chi connectivity index (χ0v) is 17.2. The van der Waals surface area contributed by atoms with Crippen molar-refractivity contribution in [1.29, 1.82) is 0 Å². The van der Waals surface area contributed by atoms with Crippen molar-refractivity contribution < 1.29 is 19.2 Å². The number of halogens is 1. The summed E-state index contributed by atoms with van der Waals surface area (Å²) in [4.78, 5) is 37.5. The number of aromatic nitrogens is 4. The summed E-state index contributed by atoms with van der Waals surface area (Å²) in [5.41, 5.74) is 0.885. The third kappa shape index (κ3) is 4.46. The topological polar surface area (TPSA) is 134 Å². The van der Waals surface area contributed by atoms with Gasteiger partial charge in [0.05, 0.1) is 5.92 Å². The molecule has 0 radical (unpaired) electrons. The van der Waals surface area contributed by atoms with Gasteiger partial charge in [0.2, 0.25) is 11.7 Å². The SMILES string of the molecule is O=C(Nc1ccc(-c2noc([C@H]3CCCN(C(=O)O)C3)n2)cn1)c1cccc(Br)n1. The second kappa shape index (κ2) is 8.57. The molecular formula is C19H17BrN6O4. The minimum atomic E-state index is -0.945. The number of nitrogens with one attached hydrogen (secondary N) is 1. The average molecular weight is 473 g/mol. The summed E-state index contributed by atoms with van der Waals surface area (Å²) in [6.07, 6.45) is 2.12. The summed E-state index contributed by atoms with van der Waals surface area (Å²) in [5.74, 6) is 0.628. The Hall–Kier alpha value is -3.34. The number of nitrogens with zero attached hydrogens (tertiary/aromatic N) is 5. The zero-order valence-electron chi connectivity index (χ0n) is 15.7. The van der Waals surface area contributed by atoms with Crippen LogP contribution in [0, 0.1) is 0 Å². The van der Waals surface area contributed by atoms with Crippen LogP contribution in [-0.4, -0.2) is 55.2 Å². The summed E-state index contributed by atoms with van der Waals surface area (Å²) in [5, 5.41) is 15.8. The van der Waals surface area contributed by atoms with E-state index in [1.54, 1.807) is 30.3 Å². The van der Waals surface area contributed by atoms with Crippen molar-refractivity contribution in [2.75, 3.05) is 18.4 Å². The molecule has 0 unspecified atom stereocenters. The van der Waals surface area contributed by atoms with E-state index in [0.29, 0.717) is 40.8 Å². The maximum atomic E-state index is 12.3. The van der Waals surface area contributed by atoms with Gasteiger partial charge in [0.15, 0.2) is 0 Å². The van der Waals surface area contributed by atoms with Crippen LogP contribution in [0.5, 0.6) is 0 Å². The van der Waals surface area contributed by atoms with Crippen molar-refractivity contribution >= 4 is 33.7 Å². The fraction of sp³-hybridized carbons (Fsp3) is 0.263. The van der Waals surface area contributed by atoms with Gasteiger partial charge in [0.1, 0.15) is 16.1 Å². The first-order chi connectivity index (χ1) is 14.5. The van der Waals surface area contributed by atoms with E-state index in [-0.39, 0.29) is 17.5 Å². The van der Waals surface area contributed by atoms with Crippen molar-refractivity contribution in [2.45, 2.75) is 18.8 Å². The van der Waals surface area contributed by atoms with Crippen molar-refractivity contribution in [3.05, 3.63) is 52.7 Å². The molecule has 3 aromatic rings. The second-order valence-corrected chi connectivity index (χ2v) is 7.57. The van der Waals surface area contributed by atoms with E-state index < -0.39 is 6.09 Å². The van der Waals surface area contributed by atoms with Crippen LogP contribution in [0.2, 0.25) is 0 Å². The number of hydrogen-bond donors (Lipinski definition) is 2. The number of likely N-dealkylation sites (tertiary alicyclic amines) is 1. The Kier molecular flexibility index (Phi) is 5.70. The lowest BCUT2D eigenvalue weighted by molar-refractivity contribution is 0.102. The third-order valence-corrected chi connectivity index (χ3v) is 5.14. The monoisotopic (exact) mass is 472 g/mol. The predicted octanol–water partition coefficient (Wildman–Crippen LogP) is 3.40. The third-order valence-electron chi connectivity index (χ3n) is 4.69. The van der Waals surface area contributed by atoms with Crippen LogP contribution >= 0.6 is 15.9 Å². The molecule has 11 heteroatoms. The van der Waals surface area contributed by atoms with Crippen molar-refractivity contribution in [3.8, 4) is 11.4 Å². The van der Waals surface area contributed by atoms with E-state index >= 15 is 0 Å². The number of pyridine rings is 2. The normalized spacial score (nSPS) is 16.3. The van der Waals surface area contributed by atoms with Gasteiger partial charge in [-0.2, -0.15) is 4.98 Å². The molecule has 154 valence electrons. The second-order valence-electron chi connectivity index (χ2n) is 6.76. The van der Waals surface area contributed by atoms with Crippen LogP contribution < -0.4 is 5.32 Å². The summed E-state index contributed by atoms with van der Waals surface area (Å²) in [6.45, 7) is 0.850. The number of carbonyl (C=O) groups is 2. The van der Waals surface area contributed by atoms with Crippen LogP contribution in [0.25, 0.3) is 11.4 Å². The highest BCUT2D eigenvalue weighted by Crippen LogP contribution is 2.27. The molecule has 10 nitrogen and oxygen atoms in total. The molecule has 0 bridgehead atoms. The van der Waals surface area contributed by atoms with Crippen molar-refractivity contribution in [2.24, 2.45) is 0 Å². The predicted molar refractivity (Wildman–Crippen MR) is 109 cm³/mol. The molecule has 1 fully saturated rings. The van der Waals surface area contributed by atoms with Gasteiger partial charge in [-0.05, 0) is 53.0 Å². The molecule has 30 heavy (non-hydrogen) atoms. The molecular weight excluding hydrogens is 456 g/mol. The molecule has 4 heterocycles. The van der Waals surface area contributed by atoms with E-state index in [1.807, 2.05) is 0 Å². The van der Waals surface area contributed by atoms with E-state index in [4.69, 9.17) is 4.52 Å². The lowest BCUT2D eigenvalue weighted by Crippen LogP contribution is -2.38. The summed E-state index contributed by atoms with van der Waals surface area (Å²) in [7, 11) is 0. The van der Waals surface area contributed by atoms with Crippen LogP contribution in [0.15, 0.2) is 45.7 Å². The molecule has 1 saturated heterocycles. The number of carbonyl (C=O) groups excluding carboxylic acids is 1. The Morgan fingerprint density at radius 2 is 2.10 bits per heavy atom. The molecule has 0 saturated carbocycles. The standard InChI is InChI=1S/C19H17BrN6O4/c20-14-5-1-4-13(22-14)17(27)23-15-7-6-11(9-21-15)16-24-18(30-25-16)12-3-2-8-26(10-12)19(28)29/h1,4-7,9,12H,2-3,8,10H2,(H,28,29)(H,21,23,27)/t12-/m0/s1. The first-order valence-corrected chi connectivity index (χ1v) is 10.0. The zero-order chi connectivity index (χ0) is 21.1. The molecule has 1 aliphatic rings. The van der Waals surface area contributed by atoms with Gasteiger partial charge < -0.3 is 19.8 Å². The number of carboxylic acid groups (broad SMARTS) is 1. The van der Waals surface area contributed by atoms with Gasteiger partial charge in [-0.15, -0.1) is 0 Å². The largest absolute Gasteiger partial charge is 0.465 e. The Bertz CT molecular complexity index is 1070. The smallest absolute Gasteiger partial charge is 0.407 e. The number of piperidine rings is 1. The minimum absolute atomic E-state index is 0.125. The maximum Gasteiger partial charge on any atom is 0.407 e. The van der Waals surface area contributed by atoms with Gasteiger partial charge in [0.25, 0.3) is 5.91 Å². The molecule has 4 rings (SSSR count). The molecule has 3 aromatic heterocycles. The van der Waals surface area contributed by atoms with Crippen LogP contribution in [0.3, 0.4) is 0 Å². The van der Waals surface area contributed by atoms with Crippen molar-refractivity contribution in [1.82, 2.24) is 25.0 Å². The van der Waals surface area contributed by atoms with Crippen LogP contribution in [-0.2, 0) is 0 Å². The Balaban J connectivity index is 1.43. The first kappa shape index (κ1) is 20.0. The molecule has 1 aliphatic heterocycles. The number of amides is 2. The molecule has 0 spiro atoms. The van der Waals surface area contributed by atoms with E-state index in [2.05, 4.69) is 41.4 Å². The van der Waals surface area contributed by atoms with E-state index in [1.165, 1.54) is 11.1 Å². The summed E-state index contributed by atoms with van der Waals surface area (Å²) in [6, 6.07) is 8.41. The highest BCUT2D eigenvalue weighted by Gasteiger charge is 2.28. The van der Waals surface area contributed by atoms with Crippen molar-refractivity contribution in [3.63, 3.8) is 0 Å². The quantitative estimate of drug-likeness (QED) is 0.551. The molecule has 1 atom stereocenters. The van der Waals surface area contributed by atoms with Gasteiger partial charge in [-0.1, -0.05) is 11.2 Å². The highest BCUT2D eigenvalue weighted by molar-refractivity contribution is 9.10. The molecule has 2 amide bonds. The van der Waals surface area contributed by atoms with Gasteiger partial charge >= 0.3 is 6.09 Å². The Morgan fingerprint density at radius 3 is 2.83 bits per heavy atom. The Labute approximate surface area is 179 Å². The maximum absolute atomic E-state index is 12.3. The molecule has 0 aliphatic carbocycles. The van der Waals surface area contributed by atoms with Gasteiger partial charge in [-0.3, -0.25) is 4.79 Å². The van der Waals surface area contributed by atoms with E-state index in [0.717, 1.165) is 12.8 Å². The average Bonchev–Trinajstić information content (AvgIpc) is 3.25. The van der Waals surface area contributed by atoms with E-state index in [9.17, 15) is 14.7 Å². The Morgan fingerprint density at radius 1 is 1.23 bits per heavy atom. The highest BCUT2D eigenvalue weighted by atomic mass is 79.9. The minimum Gasteiger partial charge on any atom is -0.465 e. The number of rotatable bonds is 4. The lowest BCUT2D eigenvalue weighted by atomic mass is 9.98. The number of anilines is 1. The molecule has 0 aromatic carbocycles. The van der Waals surface area contributed by atoms with Gasteiger partial charge in [0, 0.05) is 24.8 Å². The number of hydrogen-bond acceptors (Lipinski definition) is 7. The van der Waals surface area contributed by atoms with Gasteiger partial charge in [-0.25, -0.2) is 14.8 Å². The summed E-state index contributed by atoms with van der Waals surface area (Å²) >= 11 is 3.23. The lowest BCUT2D eigenvalue weighted by Gasteiger charge is -2.28. The first-order valence-electron chi connectivity index (χ1n) is 9.21. The summed E-state index contributed by atoms with van der Waals surface area (Å²) < 4.78 is 5.93. The molecule has 2 N–H and O–H groups in total. The fourth-order valence-electron chi connectivity index (χ4n) is 3.19.